The molecule has 552 valence electrons. The molecule has 4 heterocycles. The maximum atomic E-state index is 4.42. The second kappa shape index (κ2) is 39.9. The number of hydrogen-bond acceptors (Lipinski definition) is 4. The van der Waals surface area contributed by atoms with Gasteiger partial charge in [-0.3, -0.25) is 19.9 Å². The smallest absolute Gasteiger partial charge is 0.0704 e. The molecule has 0 aliphatic carbocycles. The standard InChI is InChI=1S/4C19H16.2C17H14N2/c1-15-12-13-18(16-8-4-2-5-9-16)14-19(15)17-10-6-3-7-11-17;1-15-12-13-18(16-8-4-2-5-9-16)19(14-15)17-10-6-3-7-11-17;1-15-8-7-11-17(14-15)19-13-6-5-12-18(19)16-9-3-2-4-10-16;1-15-11-13-17(14-12-15)19-10-6-5-9-18(19)16-7-3-2-4-8-16;1-13-14(16-9-2-4-11-18-16)7-6-8-15(13)17-10-3-5-12-19-17;1-13-10-14(16-6-2-4-8-18-16)12-15(11-13)17-7-3-5-9-19-17/h4*2-14H,1H3;2*2-12H,1H3. The van der Waals surface area contributed by atoms with Gasteiger partial charge in [0, 0.05) is 47.0 Å². The molecule has 4 nitrogen and oxygen atoms in total. The molecule has 0 bridgehead atoms. The van der Waals surface area contributed by atoms with Crippen molar-refractivity contribution in [3.63, 3.8) is 0 Å². The summed E-state index contributed by atoms with van der Waals surface area (Å²) in [5, 5.41) is 0. The average Bonchev–Trinajstić information content (AvgIpc) is 0.824. The Labute approximate surface area is 673 Å². The van der Waals surface area contributed by atoms with Gasteiger partial charge < -0.3 is 0 Å². The van der Waals surface area contributed by atoms with E-state index in [2.05, 4.69) is 413 Å². The highest BCUT2D eigenvalue weighted by Crippen LogP contribution is 2.37. The van der Waals surface area contributed by atoms with Gasteiger partial charge in [0.15, 0.2) is 0 Å². The lowest BCUT2D eigenvalue weighted by Crippen LogP contribution is -1.91. The predicted molar refractivity (Wildman–Crippen MR) is 483 cm³/mol. The van der Waals surface area contributed by atoms with E-state index in [4.69, 9.17) is 0 Å². The van der Waals surface area contributed by atoms with Crippen molar-refractivity contribution in [1.82, 2.24) is 19.9 Å². The molecule has 0 amide bonds. The van der Waals surface area contributed by atoms with Gasteiger partial charge in [-0.15, -0.1) is 0 Å². The molecule has 0 unspecified atom stereocenters. The Morgan fingerprint density at radius 2 is 0.439 bits per heavy atom. The first kappa shape index (κ1) is 77.8. The van der Waals surface area contributed by atoms with E-state index in [1.54, 1.807) is 0 Å². The molecule has 14 aromatic carbocycles. The fourth-order valence-electron chi connectivity index (χ4n) is 13.9. The Bertz CT molecular complexity index is 5800. The quantitative estimate of drug-likeness (QED) is 0.122. The van der Waals surface area contributed by atoms with Crippen molar-refractivity contribution in [3.05, 3.63) is 483 Å². The zero-order valence-electron chi connectivity index (χ0n) is 65.5. The molecular formula is C110H92N4. The average molecular weight is 1470 g/mol. The molecule has 0 radical (unpaired) electrons. The summed E-state index contributed by atoms with van der Waals surface area (Å²) in [6, 6.07) is 148. The van der Waals surface area contributed by atoms with Gasteiger partial charge in [0.25, 0.3) is 0 Å². The minimum Gasteiger partial charge on any atom is -0.256 e. The van der Waals surface area contributed by atoms with Crippen LogP contribution in [0.25, 0.3) is 134 Å². The number of benzene rings is 14. The minimum atomic E-state index is 0.989. The second-order valence-corrected chi connectivity index (χ2v) is 28.0. The topological polar surface area (TPSA) is 51.6 Å². The van der Waals surface area contributed by atoms with Gasteiger partial charge in [-0.2, -0.15) is 0 Å². The lowest BCUT2D eigenvalue weighted by atomic mass is 9.93. The summed E-state index contributed by atoms with van der Waals surface area (Å²) in [5.74, 6) is 0. The van der Waals surface area contributed by atoms with Crippen LogP contribution in [0.2, 0.25) is 0 Å². The molecule has 4 heteroatoms. The molecule has 18 rings (SSSR count). The molecule has 114 heavy (non-hydrogen) atoms. The third-order valence-electron chi connectivity index (χ3n) is 19.7. The zero-order valence-corrected chi connectivity index (χ0v) is 65.5. The molecule has 0 aliphatic rings. The zero-order chi connectivity index (χ0) is 78.5. The Hall–Kier alpha value is -14.3. The Kier molecular flexibility index (Phi) is 27.2. The lowest BCUT2D eigenvalue weighted by Gasteiger charge is -2.11. The molecule has 0 aliphatic heterocycles. The highest BCUT2D eigenvalue weighted by Gasteiger charge is 2.13. The summed E-state index contributed by atoms with van der Waals surface area (Å²) < 4.78 is 0. The summed E-state index contributed by atoms with van der Waals surface area (Å²) in [6.45, 7) is 12.8. The van der Waals surface area contributed by atoms with Gasteiger partial charge in [-0.05, 0) is 220 Å². The monoisotopic (exact) mass is 1470 g/mol. The van der Waals surface area contributed by atoms with Gasteiger partial charge in [0.1, 0.15) is 0 Å². The third-order valence-corrected chi connectivity index (χ3v) is 19.7. The van der Waals surface area contributed by atoms with Crippen LogP contribution in [0.1, 0.15) is 33.4 Å². The van der Waals surface area contributed by atoms with Crippen molar-refractivity contribution >= 4 is 0 Å². The molecule has 0 atom stereocenters. The highest BCUT2D eigenvalue weighted by molar-refractivity contribution is 5.87. The Morgan fingerprint density at radius 1 is 0.140 bits per heavy atom. The van der Waals surface area contributed by atoms with Crippen LogP contribution in [-0.2, 0) is 0 Å². The van der Waals surface area contributed by atoms with Crippen molar-refractivity contribution in [2.45, 2.75) is 41.5 Å². The molecule has 4 aromatic heterocycles. The van der Waals surface area contributed by atoms with Crippen molar-refractivity contribution in [3.8, 4) is 134 Å². The second-order valence-electron chi connectivity index (χ2n) is 28.0. The fraction of sp³-hybridized carbons (Fsp3) is 0.0545. The van der Waals surface area contributed by atoms with Crippen molar-refractivity contribution in [1.29, 1.82) is 0 Å². The molecule has 0 N–H and O–H groups in total. The molecular weight excluding hydrogens is 1380 g/mol. The van der Waals surface area contributed by atoms with Crippen LogP contribution in [0, 0.1) is 41.5 Å². The van der Waals surface area contributed by atoms with Crippen LogP contribution in [0.4, 0.5) is 0 Å². The maximum Gasteiger partial charge on any atom is 0.0704 e. The Balaban J connectivity index is 0.000000119. The fourth-order valence-corrected chi connectivity index (χ4v) is 13.9. The van der Waals surface area contributed by atoms with E-state index in [1.807, 2.05) is 97.6 Å². The first-order valence-electron chi connectivity index (χ1n) is 38.8. The summed E-state index contributed by atoms with van der Waals surface area (Å²) in [4.78, 5) is 17.7. The van der Waals surface area contributed by atoms with Crippen LogP contribution in [0.3, 0.4) is 0 Å². The van der Waals surface area contributed by atoms with Gasteiger partial charge in [-0.25, -0.2) is 0 Å². The SMILES string of the molecule is Cc1c(-c2ccccn2)cccc1-c1ccccn1.Cc1cc(-c2ccccn2)cc(-c2ccccn2)c1.Cc1ccc(-c2ccccc2)c(-c2ccccc2)c1.Cc1ccc(-c2ccccc2)cc1-c1ccccc1.Cc1ccc(-c2ccccc2-c2ccccc2)cc1.Cc1cccc(-c2ccccc2-c2ccccc2)c1. The van der Waals surface area contributed by atoms with Crippen LogP contribution in [0.5, 0.6) is 0 Å². The Morgan fingerprint density at radius 3 is 0.851 bits per heavy atom. The van der Waals surface area contributed by atoms with Crippen molar-refractivity contribution in [2.24, 2.45) is 0 Å². The molecule has 0 spiro atoms. The van der Waals surface area contributed by atoms with E-state index in [0.717, 1.165) is 45.0 Å². The van der Waals surface area contributed by atoms with Crippen LogP contribution in [0.15, 0.2) is 449 Å². The lowest BCUT2D eigenvalue weighted by molar-refractivity contribution is 1.28. The summed E-state index contributed by atoms with van der Waals surface area (Å²) in [6.07, 6.45) is 7.28. The summed E-state index contributed by atoms with van der Waals surface area (Å²) >= 11 is 0. The highest BCUT2D eigenvalue weighted by atomic mass is 14.7. The van der Waals surface area contributed by atoms with E-state index in [0.29, 0.717) is 0 Å². The predicted octanol–water partition coefficient (Wildman–Crippen LogP) is 29.6. The number of hydrogen-bond donors (Lipinski definition) is 0. The van der Waals surface area contributed by atoms with Gasteiger partial charge in [0.2, 0.25) is 0 Å². The van der Waals surface area contributed by atoms with Gasteiger partial charge in [-0.1, -0.05) is 369 Å². The molecule has 18 aromatic rings. The number of rotatable bonds is 12. The van der Waals surface area contributed by atoms with E-state index in [1.165, 1.54) is 122 Å². The van der Waals surface area contributed by atoms with Gasteiger partial charge >= 0.3 is 0 Å². The first-order chi connectivity index (χ1) is 56.1. The van der Waals surface area contributed by atoms with E-state index < -0.39 is 0 Å². The normalized spacial score (nSPS) is 10.4. The van der Waals surface area contributed by atoms with E-state index in [9.17, 15) is 0 Å². The number of aromatic nitrogens is 4. The molecule has 0 fully saturated rings. The molecule has 0 saturated carbocycles. The van der Waals surface area contributed by atoms with Crippen LogP contribution < -0.4 is 0 Å². The van der Waals surface area contributed by atoms with Crippen molar-refractivity contribution < 1.29 is 0 Å². The maximum absolute atomic E-state index is 4.42. The molecule has 0 saturated heterocycles. The first-order valence-corrected chi connectivity index (χ1v) is 38.8. The third kappa shape index (κ3) is 21.2. The largest absolute Gasteiger partial charge is 0.256 e. The number of aryl methyl sites for hydroxylation is 5. The van der Waals surface area contributed by atoms with E-state index in [-0.39, 0.29) is 0 Å². The summed E-state index contributed by atoms with van der Waals surface area (Å²) in [7, 11) is 0. The number of nitrogens with zero attached hydrogens (tertiary/aromatic N) is 4. The number of pyridine rings is 4. The van der Waals surface area contributed by atoms with Crippen LogP contribution >= 0.6 is 0 Å². The van der Waals surface area contributed by atoms with E-state index >= 15 is 0 Å². The van der Waals surface area contributed by atoms with Crippen molar-refractivity contribution in [2.75, 3.05) is 0 Å². The minimum absolute atomic E-state index is 0.989. The summed E-state index contributed by atoms with van der Waals surface area (Å²) in [5.41, 5.74) is 36.6. The van der Waals surface area contributed by atoms with Crippen LogP contribution in [-0.4, -0.2) is 19.9 Å². The van der Waals surface area contributed by atoms with Gasteiger partial charge in [0.05, 0.1) is 22.8 Å².